The van der Waals surface area contributed by atoms with Crippen LogP contribution in [0.3, 0.4) is 0 Å². The minimum atomic E-state index is -4.58. The molecule has 6 nitrogen and oxygen atoms in total. The lowest BCUT2D eigenvalue weighted by Crippen LogP contribution is -2.37. The third-order valence-corrected chi connectivity index (χ3v) is 9.94. The van der Waals surface area contributed by atoms with Crippen LogP contribution in [-0.2, 0) is 20.0 Å². The first-order valence-corrected chi connectivity index (χ1v) is 14.0. The van der Waals surface area contributed by atoms with E-state index in [1.54, 1.807) is 12.1 Å². The van der Waals surface area contributed by atoms with Crippen molar-refractivity contribution in [3.63, 3.8) is 0 Å². The van der Waals surface area contributed by atoms with Gasteiger partial charge in [-0.25, -0.2) is 16.8 Å². The van der Waals surface area contributed by atoms with Gasteiger partial charge in [0.15, 0.2) is 0 Å². The van der Waals surface area contributed by atoms with Crippen LogP contribution in [0.2, 0.25) is 5.02 Å². The summed E-state index contributed by atoms with van der Waals surface area (Å²) in [5, 5.41) is 11.1. The molecule has 0 atom stereocenters. The first kappa shape index (κ1) is 26.1. The predicted molar refractivity (Wildman–Crippen MR) is 136 cm³/mol. The van der Waals surface area contributed by atoms with Gasteiger partial charge in [0, 0.05) is 5.02 Å². The number of hydrogen-bond acceptors (Lipinski definition) is 5. The Hall–Kier alpha value is -2.55. The number of phenolic OH excluding ortho intramolecular Hbond substituents is 1. The minimum Gasteiger partial charge on any atom is -0.507 e. The molecule has 0 radical (unpaired) electrons. The number of aromatic hydroxyl groups is 1. The van der Waals surface area contributed by atoms with Gasteiger partial charge in [0.2, 0.25) is 0 Å². The summed E-state index contributed by atoms with van der Waals surface area (Å²) in [6.45, 7) is 9.18. The summed E-state index contributed by atoms with van der Waals surface area (Å²) >= 11 is 5.93. The Kier molecular flexibility index (Phi) is 7.36. The number of hydrogen-bond donors (Lipinski definition) is 1. The van der Waals surface area contributed by atoms with Gasteiger partial charge in [0.25, 0.3) is 20.0 Å². The van der Waals surface area contributed by atoms with Crippen molar-refractivity contribution in [2.75, 3.05) is 3.71 Å². The fraction of sp³-hybridized carbons (Fsp3) is 0.280. The molecule has 0 spiro atoms. The van der Waals surface area contributed by atoms with E-state index in [0.29, 0.717) is 19.9 Å². The Morgan fingerprint density at radius 2 is 1.12 bits per heavy atom. The molecular formula is C25H28ClNO5S2. The van der Waals surface area contributed by atoms with Crippen molar-refractivity contribution in [1.82, 2.24) is 0 Å². The van der Waals surface area contributed by atoms with Gasteiger partial charge in [-0.15, -0.1) is 0 Å². The molecule has 0 unspecified atom stereocenters. The molecule has 3 rings (SSSR count). The number of phenols is 1. The van der Waals surface area contributed by atoms with E-state index in [9.17, 15) is 21.9 Å². The highest BCUT2D eigenvalue weighted by Crippen LogP contribution is 2.40. The van der Waals surface area contributed by atoms with Gasteiger partial charge in [-0.05, 0) is 78.4 Å². The quantitative estimate of drug-likeness (QED) is 0.400. The van der Waals surface area contributed by atoms with E-state index in [-0.39, 0.29) is 33.1 Å². The number of rotatable bonds is 7. The van der Waals surface area contributed by atoms with Crippen molar-refractivity contribution in [2.45, 2.75) is 56.2 Å². The molecule has 0 aromatic heterocycles. The number of sulfonamides is 2. The van der Waals surface area contributed by atoms with Crippen molar-refractivity contribution >= 4 is 37.3 Å². The summed E-state index contributed by atoms with van der Waals surface area (Å²) < 4.78 is 55.8. The normalized spacial score (nSPS) is 12.4. The maximum Gasteiger partial charge on any atom is 0.277 e. The summed E-state index contributed by atoms with van der Waals surface area (Å²) in [5.41, 5.74) is 1.67. The Bertz CT molecular complexity index is 1290. The van der Waals surface area contributed by atoms with Gasteiger partial charge in [0.05, 0.1) is 15.5 Å². The Labute approximate surface area is 206 Å². The van der Waals surface area contributed by atoms with Crippen LogP contribution in [0.25, 0.3) is 0 Å². The monoisotopic (exact) mass is 521 g/mol. The van der Waals surface area contributed by atoms with Gasteiger partial charge in [-0.1, -0.05) is 57.0 Å². The molecule has 0 heterocycles. The second-order valence-electron chi connectivity index (χ2n) is 8.76. The highest BCUT2D eigenvalue weighted by atomic mass is 35.5. The van der Waals surface area contributed by atoms with Crippen LogP contribution in [0, 0.1) is 6.92 Å². The summed E-state index contributed by atoms with van der Waals surface area (Å²) in [6.07, 6.45) is 0. The molecule has 182 valence electrons. The van der Waals surface area contributed by atoms with E-state index in [0.717, 1.165) is 5.56 Å². The molecule has 0 aliphatic carbocycles. The van der Waals surface area contributed by atoms with E-state index in [1.165, 1.54) is 48.5 Å². The van der Waals surface area contributed by atoms with Crippen molar-refractivity contribution in [1.29, 1.82) is 0 Å². The van der Waals surface area contributed by atoms with Crippen molar-refractivity contribution in [3.05, 3.63) is 82.4 Å². The fourth-order valence-electron chi connectivity index (χ4n) is 3.56. The third-order valence-electron chi connectivity index (χ3n) is 5.48. The summed E-state index contributed by atoms with van der Waals surface area (Å²) in [4.78, 5) is -0.390. The van der Waals surface area contributed by atoms with Crippen LogP contribution in [0.5, 0.6) is 5.75 Å². The van der Waals surface area contributed by atoms with E-state index in [4.69, 9.17) is 11.6 Å². The minimum absolute atomic E-state index is 0.0327. The molecule has 3 aromatic rings. The van der Waals surface area contributed by atoms with Gasteiger partial charge in [0.1, 0.15) is 5.75 Å². The Morgan fingerprint density at radius 1 is 0.735 bits per heavy atom. The molecule has 34 heavy (non-hydrogen) atoms. The molecule has 0 fully saturated rings. The van der Waals surface area contributed by atoms with Crippen LogP contribution in [0.15, 0.2) is 70.5 Å². The number of anilines is 1. The molecule has 0 aliphatic heterocycles. The molecular weight excluding hydrogens is 494 g/mol. The van der Waals surface area contributed by atoms with Crippen molar-refractivity contribution in [2.24, 2.45) is 0 Å². The highest BCUT2D eigenvalue weighted by Gasteiger charge is 2.38. The van der Waals surface area contributed by atoms with E-state index >= 15 is 0 Å². The molecule has 0 aliphatic rings. The third kappa shape index (κ3) is 4.94. The van der Waals surface area contributed by atoms with Crippen LogP contribution in [-0.4, -0.2) is 21.9 Å². The second kappa shape index (κ2) is 9.60. The Morgan fingerprint density at radius 3 is 1.50 bits per heavy atom. The summed E-state index contributed by atoms with van der Waals surface area (Å²) in [7, 11) is -9.13. The number of nitrogens with zero attached hydrogens (tertiary/aromatic N) is 1. The largest absolute Gasteiger partial charge is 0.507 e. The summed E-state index contributed by atoms with van der Waals surface area (Å²) in [5.74, 6) is -0.329. The van der Waals surface area contributed by atoms with Crippen LogP contribution >= 0.6 is 11.6 Å². The zero-order valence-electron chi connectivity index (χ0n) is 19.7. The first-order chi connectivity index (χ1) is 15.8. The maximum absolute atomic E-state index is 13.8. The molecule has 3 aromatic carbocycles. The lowest BCUT2D eigenvalue weighted by Gasteiger charge is -2.27. The fourth-order valence-corrected chi connectivity index (χ4v) is 7.35. The molecule has 0 amide bonds. The van der Waals surface area contributed by atoms with Crippen LogP contribution in [0.1, 0.15) is 56.2 Å². The van der Waals surface area contributed by atoms with Crippen molar-refractivity contribution < 1.29 is 21.9 Å². The molecule has 1 N–H and O–H groups in total. The van der Waals surface area contributed by atoms with Crippen LogP contribution in [0.4, 0.5) is 5.69 Å². The van der Waals surface area contributed by atoms with Crippen LogP contribution < -0.4 is 3.71 Å². The van der Waals surface area contributed by atoms with Gasteiger partial charge < -0.3 is 5.11 Å². The van der Waals surface area contributed by atoms with E-state index in [2.05, 4.69) is 0 Å². The lowest BCUT2D eigenvalue weighted by molar-refractivity contribution is 0.454. The van der Waals surface area contributed by atoms with E-state index < -0.39 is 20.0 Å². The molecule has 0 saturated heterocycles. The smallest absolute Gasteiger partial charge is 0.277 e. The topological polar surface area (TPSA) is 91.8 Å². The number of halogens is 1. The summed E-state index contributed by atoms with van der Waals surface area (Å²) in [6, 6.07) is 14.1. The van der Waals surface area contributed by atoms with Gasteiger partial charge in [-0.3, -0.25) is 0 Å². The average molecular weight is 522 g/mol. The highest BCUT2D eigenvalue weighted by molar-refractivity contribution is 8.10. The standard InChI is InChI=1S/C25H28ClNO5S2/c1-16(2)23-14-20(15-24(17(3)4)25(23)28)27(33(29,30)21-10-6-18(5)7-11-21)34(31,32)22-12-8-19(26)9-13-22/h6-17,28H,1-5H3. The Balaban J connectivity index is 2.39. The molecule has 0 bridgehead atoms. The molecule has 0 saturated carbocycles. The zero-order valence-corrected chi connectivity index (χ0v) is 22.0. The maximum atomic E-state index is 13.8. The van der Waals surface area contributed by atoms with Gasteiger partial charge in [-0.2, -0.15) is 3.71 Å². The predicted octanol–water partition coefficient (Wildman–Crippen LogP) is 6.19. The van der Waals surface area contributed by atoms with Crippen molar-refractivity contribution in [3.8, 4) is 5.75 Å². The first-order valence-electron chi connectivity index (χ1n) is 10.8. The second-order valence-corrected chi connectivity index (χ2v) is 13.0. The number of benzene rings is 3. The molecule has 9 heteroatoms. The zero-order chi connectivity index (χ0) is 25.4. The van der Waals surface area contributed by atoms with Gasteiger partial charge >= 0.3 is 0 Å². The average Bonchev–Trinajstić information content (AvgIpc) is 2.74. The van der Waals surface area contributed by atoms with E-state index in [1.807, 2.05) is 34.6 Å². The SMILES string of the molecule is Cc1ccc(S(=O)(=O)N(c2cc(C(C)C)c(O)c(C(C)C)c2)S(=O)(=O)c2ccc(Cl)cc2)cc1. The lowest BCUT2D eigenvalue weighted by atomic mass is 9.93. The number of aryl methyl sites for hydroxylation is 1.